The Morgan fingerprint density at radius 1 is 1.14 bits per heavy atom. The Labute approximate surface area is 126 Å². The highest BCUT2D eigenvalue weighted by Crippen LogP contribution is 2.22. The highest BCUT2D eigenvalue weighted by Gasteiger charge is 2.16. The molecule has 0 saturated carbocycles. The first kappa shape index (κ1) is 15.3. The summed E-state index contributed by atoms with van der Waals surface area (Å²) in [5, 5.41) is 10.8. The molecule has 0 aliphatic rings. The van der Waals surface area contributed by atoms with Gasteiger partial charge in [0.25, 0.3) is 5.69 Å². The zero-order chi connectivity index (χ0) is 15.9. The maximum absolute atomic E-state index is 11.8. The van der Waals surface area contributed by atoms with Crippen LogP contribution in [0.5, 0.6) is 5.75 Å². The summed E-state index contributed by atoms with van der Waals surface area (Å²) in [6, 6.07) is 12.9. The lowest BCUT2D eigenvalue weighted by molar-refractivity contribution is -0.383. The van der Waals surface area contributed by atoms with Crippen LogP contribution in [-0.2, 0) is 4.74 Å². The predicted molar refractivity (Wildman–Crippen MR) is 79.7 cm³/mol. The number of para-hydroxylation sites is 1. The molecule has 0 heterocycles. The zero-order valence-corrected chi connectivity index (χ0v) is 11.6. The zero-order valence-electron chi connectivity index (χ0n) is 11.6. The van der Waals surface area contributed by atoms with Crippen LogP contribution in [0.2, 0.25) is 0 Å². The van der Waals surface area contributed by atoms with Gasteiger partial charge in [-0.25, -0.2) is 4.79 Å². The Kier molecular flexibility index (Phi) is 4.92. The lowest BCUT2D eigenvalue weighted by Gasteiger charge is -2.07. The number of carbonyl (C=O) groups excluding carboxylic acids is 1. The molecule has 7 nitrogen and oxygen atoms in total. The molecule has 0 atom stereocenters. The molecule has 114 valence electrons. The summed E-state index contributed by atoms with van der Waals surface area (Å²) >= 11 is 0. The molecule has 2 aromatic carbocycles. The van der Waals surface area contributed by atoms with E-state index in [-0.39, 0.29) is 30.2 Å². The first-order valence-corrected chi connectivity index (χ1v) is 6.47. The molecule has 0 bridgehead atoms. The minimum Gasteiger partial charge on any atom is -0.490 e. The van der Waals surface area contributed by atoms with E-state index in [2.05, 4.69) is 0 Å². The van der Waals surface area contributed by atoms with Crippen LogP contribution in [0.1, 0.15) is 10.4 Å². The number of nitrogen functional groups attached to an aromatic ring is 1. The number of esters is 1. The molecule has 0 unspecified atom stereocenters. The molecule has 22 heavy (non-hydrogen) atoms. The number of anilines is 1. The summed E-state index contributed by atoms with van der Waals surface area (Å²) in [5.74, 6) is 0.00133. The third-order valence-electron chi connectivity index (χ3n) is 2.79. The van der Waals surface area contributed by atoms with Crippen molar-refractivity contribution in [1.82, 2.24) is 0 Å². The molecule has 2 aromatic rings. The molecule has 0 saturated heterocycles. The fourth-order valence-electron chi connectivity index (χ4n) is 1.72. The van der Waals surface area contributed by atoms with Gasteiger partial charge in [-0.1, -0.05) is 18.2 Å². The number of rotatable bonds is 6. The highest BCUT2D eigenvalue weighted by molar-refractivity contribution is 5.91. The van der Waals surface area contributed by atoms with Crippen molar-refractivity contribution < 1.29 is 19.2 Å². The summed E-state index contributed by atoms with van der Waals surface area (Å²) in [7, 11) is 0. The molecule has 2 rings (SSSR count). The minimum atomic E-state index is -0.667. The molecular weight excluding hydrogens is 288 g/mol. The van der Waals surface area contributed by atoms with Gasteiger partial charge in [0.2, 0.25) is 0 Å². The number of nitro benzene ring substituents is 1. The van der Waals surface area contributed by atoms with E-state index in [4.69, 9.17) is 15.2 Å². The van der Waals surface area contributed by atoms with Crippen LogP contribution in [0.15, 0.2) is 48.5 Å². The van der Waals surface area contributed by atoms with E-state index in [1.165, 1.54) is 12.1 Å². The highest BCUT2D eigenvalue weighted by atomic mass is 16.6. The molecule has 0 amide bonds. The van der Waals surface area contributed by atoms with Gasteiger partial charge in [-0.05, 0) is 24.3 Å². The van der Waals surface area contributed by atoms with Crippen LogP contribution in [-0.4, -0.2) is 24.1 Å². The van der Waals surface area contributed by atoms with E-state index in [9.17, 15) is 14.9 Å². The molecule has 7 heteroatoms. The Hall–Kier alpha value is -3.09. The van der Waals surface area contributed by atoms with Crippen LogP contribution in [0, 0.1) is 10.1 Å². The van der Waals surface area contributed by atoms with Gasteiger partial charge in [0, 0.05) is 6.07 Å². The van der Waals surface area contributed by atoms with E-state index in [1.54, 1.807) is 12.1 Å². The summed E-state index contributed by atoms with van der Waals surface area (Å²) < 4.78 is 10.4. The number of nitrogens with zero attached hydrogens (tertiary/aromatic N) is 1. The van der Waals surface area contributed by atoms with E-state index >= 15 is 0 Å². The van der Waals surface area contributed by atoms with Crippen LogP contribution >= 0.6 is 0 Å². The van der Waals surface area contributed by atoms with Crippen LogP contribution in [0.3, 0.4) is 0 Å². The Morgan fingerprint density at radius 2 is 1.86 bits per heavy atom. The van der Waals surface area contributed by atoms with Crippen molar-refractivity contribution in [2.24, 2.45) is 0 Å². The van der Waals surface area contributed by atoms with Gasteiger partial charge >= 0.3 is 5.97 Å². The molecule has 0 aromatic heterocycles. The van der Waals surface area contributed by atoms with Gasteiger partial charge in [-0.15, -0.1) is 0 Å². The quantitative estimate of drug-likeness (QED) is 0.289. The van der Waals surface area contributed by atoms with Crippen molar-refractivity contribution in [3.8, 4) is 5.75 Å². The van der Waals surface area contributed by atoms with E-state index in [0.717, 1.165) is 6.07 Å². The molecule has 0 spiro atoms. The summed E-state index contributed by atoms with van der Waals surface area (Å²) in [6.45, 7) is 0.221. The number of hydrogen-bond acceptors (Lipinski definition) is 6. The van der Waals surface area contributed by atoms with Crippen molar-refractivity contribution in [3.05, 3.63) is 64.2 Å². The lowest BCUT2D eigenvalue weighted by Crippen LogP contribution is -2.12. The van der Waals surface area contributed by atoms with Crippen LogP contribution in [0.4, 0.5) is 11.4 Å². The van der Waals surface area contributed by atoms with Gasteiger partial charge in [0.15, 0.2) is 0 Å². The normalized spacial score (nSPS) is 10.0. The predicted octanol–water partition coefficient (Wildman–Crippen LogP) is 2.41. The number of carbonyl (C=O) groups is 1. The Morgan fingerprint density at radius 3 is 2.55 bits per heavy atom. The standard InChI is InChI=1S/C15H14N2O5/c16-13-7-6-11(10-14(13)17(19)20)15(18)22-9-8-21-12-4-2-1-3-5-12/h1-7,10H,8-9,16H2. The smallest absolute Gasteiger partial charge is 0.338 e. The molecule has 0 fully saturated rings. The molecule has 0 aliphatic carbocycles. The van der Waals surface area contributed by atoms with Crippen molar-refractivity contribution in [2.75, 3.05) is 18.9 Å². The third-order valence-corrected chi connectivity index (χ3v) is 2.79. The SMILES string of the molecule is Nc1ccc(C(=O)OCCOc2ccccc2)cc1[N+](=O)[O-]. The maximum Gasteiger partial charge on any atom is 0.338 e. The van der Waals surface area contributed by atoms with Crippen molar-refractivity contribution >= 4 is 17.3 Å². The molecular formula is C15H14N2O5. The first-order chi connectivity index (χ1) is 10.6. The lowest BCUT2D eigenvalue weighted by atomic mass is 10.2. The average Bonchev–Trinajstić information content (AvgIpc) is 2.52. The molecule has 0 aliphatic heterocycles. The topological polar surface area (TPSA) is 105 Å². The van der Waals surface area contributed by atoms with Crippen molar-refractivity contribution in [3.63, 3.8) is 0 Å². The number of ether oxygens (including phenoxy) is 2. The van der Waals surface area contributed by atoms with Gasteiger partial charge in [-0.2, -0.15) is 0 Å². The number of benzene rings is 2. The first-order valence-electron chi connectivity index (χ1n) is 6.47. The second-order valence-corrected chi connectivity index (χ2v) is 4.33. The summed E-state index contributed by atoms with van der Waals surface area (Å²) in [6.07, 6.45) is 0. The number of nitro groups is 1. The monoisotopic (exact) mass is 302 g/mol. The largest absolute Gasteiger partial charge is 0.490 e. The minimum absolute atomic E-state index is 0.00559. The summed E-state index contributed by atoms with van der Waals surface area (Å²) in [4.78, 5) is 21.9. The van der Waals surface area contributed by atoms with Gasteiger partial charge < -0.3 is 15.2 Å². The van der Waals surface area contributed by atoms with Gasteiger partial charge in [-0.3, -0.25) is 10.1 Å². The van der Waals surface area contributed by atoms with E-state index in [1.807, 2.05) is 18.2 Å². The Balaban J connectivity index is 1.87. The van der Waals surface area contributed by atoms with E-state index in [0.29, 0.717) is 5.75 Å². The van der Waals surface area contributed by atoms with Crippen LogP contribution < -0.4 is 10.5 Å². The van der Waals surface area contributed by atoms with Crippen molar-refractivity contribution in [1.29, 1.82) is 0 Å². The fraction of sp³-hybridized carbons (Fsp3) is 0.133. The maximum atomic E-state index is 11.8. The number of hydrogen-bond donors (Lipinski definition) is 1. The second kappa shape index (κ2) is 7.07. The van der Waals surface area contributed by atoms with Gasteiger partial charge in [0.05, 0.1) is 10.5 Å². The molecule has 2 N–H and O–H groups in total. The van der Waals surface area contributed by atoms with Gasteiger partial charge in [0.1, 0.15) is 24.7 Å². The van der Waals surface area contributed by atoms with E-state index < -0.39 is 10.9 Å². The molecule has 0 radical (unpaired) electrons. The third kappa shape index (κ3) is 3.95. The second-order valence-electron chi connectivity index (χ2n) is 4.33. The number of nitrogens with two attached hydrogens (primary N) is 1. The Bertz CT molecular complexity index is 673. The average molecular weight is 302 g/mol. The van der Waals surface area contributed by atoms with Crippen molar-refractivity contribution in [2.45, 2.75) is 0 Å². The summed E-state index contributed by atoms with van der Waals surface area (Å²) in [5.41, 5.74) is 5.20. The van der Waals surface area contributed by atoms with Crippen LogP contribution in [0.25, 0.3) is 0 Å². The fourth-order valence-corrected chi connectivity index (χ4v) is 1.72.